The van der Waals surface area contributed by atoms with E-state index in [-0.39, 0.29) is 23.7 Å². The van der Waals surface area contributed by atoms with Gasteiger partial charge in [-0.1, -0.05) is 0 Å². The summed E-state index contributed by atoms with van der Waals surface area (Å²) in [5, 5.41) is 57.0. The highest BCUT2D eigenvalue weighted by Crippen LogP contribution is 2.26. The Balaban J connectivity index is 2.03. The van der Waals surface area contributed by atoms with Gasteiger partial charge < -0.3 is 40.1 Å². The molecule has 1 heterocycles. The predicted octanol–water partition coefficient (Wildman–Crippen LogP) is -1.59. The predicted molar refractivity (Wildman–Crippen MR) is 68.3 cm³/mol. The van der Waals surface area contributed by atoms with Crippen LogP contribution in [0.2, 0.25) is 0 Å². The highest BCUT2D eigenvalue weighted by molar-refractivity contribution is 5.38. The Morgan fingerprint density at radius 3 is 2.43 bits per heavy atom. The van der Waals surface area contributed by atoms with Crippen molar-refractivity contribution in [2.24, 2.45) is 0 Å². The molecule has 1 fully saturated rings. The van der Waals surface area contributed by atoms with Crippen molar-refractivity contribution in [2.75, 3.05) is 6.61 Å². The van der Waals surface area contributed by atoms with Gasteiger partial charge in [-0.15, -0.1) is 0 Å². The van der Waals surface area contributed by atoms with Gasteiger partial charge in [-0.05, 0) is 18.2 Å². The van der Waals surface area contributed by atoms with Crippen LogP contribution in [0.4, 0.5) is 0 Å². The van der Waals surface area contributed by atoms with Crippen LogP contribution in [-0.4, -0.2) is 68.0 Å². The first-order chi connectivity index (χ1) is 9.93. The molecule has 0 amide bonds. The normalized spacial score (nSPS) is 33.0. The molecule has 21 heavy (non-hydrogen) atoms. The Bertz CT molecular complexity index is 477. The summed E-state index contributed by atoms with van der Waals surface area (Å²) in [4.78, 5) is 0. The van der Waals surface area contributed by atoms with E-state index in [9.17, 15) is 25.5 Å². The third-order valence-electron chi connectivity index (χ3n) is 3.31. The third-order valence-corrected chi connectivity index (χ3v) is 3.31. The number of phenols is 2. The van der Waals surface area contributed by atoms with Gasteiger partial charge in [-0.2, -0.15) is 0 Å². The first-order valence-electron chi connectivity index (χ1n) is 6.37. The average molecular weight is 302 g/mol. The Labute approximate surface area is 120 Å². The van der Waals surface area contributed by atoms with Crippen LogP contribution in [0.1, 0.15) is 5.56 Å². The Kier molecular flexibility index (Phi) is 4.99. The van der Waals surface area contributed by atoms with E-state index in [2.05, 4.69) is 0 Å². The lowest BCUT2D eigenvalue weighted by Gasteiger charge is -2.39. The minimum absolute atomic E-state index is 0.0693. The van der Waals surface area contributed by atoms with Crippen molar-refractivity contribution in [3.63, 3.8) is 0 Å². The van der Waals surface area contributed by atoms with Crippen molar-refractivity contribution >= 4 is 0 Å². The summed E-state index contributed by atoms with van der Waals surface area (Å²) >= 11 is 0. The molecule has 0 aromatic heterocycles. The van der Waals surface area contributed by atoms with Crippen LogP contribution in [0.25, 0.3) is 0 Å². The fourth-order valence-electron chi connectivity index (χ4n) is 2.06. The first-order valence-corrected chi connectivity index (χ1v) is 6.37. The number of aromatic hydroxyl groups is 2. The van der Waals surface area contributed by atoms with Gasteiger partial charge in [0.25, 0.3) is 0 Å². The molecule has 2 rings (SSSR count). The Hall–Kier alpha value is -1.42. The zero-order chi connectivity index (χ0) is 15.6. The fraction of sp³-hybridized carbons (Fsp3) is 0.538. The van der Waals surface area contributed by atoms with E-state index in [1.54, 1.807) is 0 Å². The van der Waals surface area contributed by atoms with Crippen molar-refractivity contribution in [2.45, 2.75) is 37.3 Å². The number of phenolic OH excluding ortho intramolecular Hbond substituents is 2. The average Bonchev–Trinajstić information content (AvgIpc) is 2.47. The molecule has 0 radical (unpaired) electrons. The number of aliphatic hydroxyl groups is 4. The van der Waals surface area contributed by atoms with Crippen LogP contribution >= 0.6 is 0 Å². The molecule has 0 spiro atoms. The van der Waals surface area contributed by atoms with Crippen LogP contribution in [0.15, 0.2) is 18.2 Å². The molecule has 6 N–H and O–H groups in total. The molecule has 5 atom stereocenters. The van der Waals surface area contributed by atoms with Gasteiger partial charge in [0.1, 0.15) is 35.9 Å². The van der Waals surface area contributed by atoms with E-state index in [0.717, 1.165) is 0 Å². The molecule has 8 nitrogen and oxygen atoms in total. The molecule has 118 valence electrons. The smallest absolute Gasteiger partial charge is 0.187 e. The van der Waals surface area contributed by atoms with E-state index in [1.807, 2.05) is 0 Å². The summed E-state index contributed by atoms with van der Waals surface area (Å²) in [6.45, 7) is -0.759. The van der Waals surface area contributed by atoms with Crippen LogP contribution in [0.5, 0.6) is 11.5 Å². The molecule has 1 aliphatic heterocycles. The van der Waals surface area contributed by atoms with Gasteiger partial charge in [-0.25, -0.2) is 0 Å². The maximum absolute atomic E-state index is 9.77. The molecule has 1 aromatic carbocycles. The zero-order valence-electron chi connectivity index (χ0n) is 11.0. The molecular weight excluding hydrogens is 284 g/mol. The maximum atomic E-state index is 9.77. The van der Waals surface area contributed by atoms with E-state index in [1.165, 1.54) is 18.2 Å². The number of hydrogen-bond acceptors (Lipinski definition) is 8. The summed E-state index contributed by atoms with van der Waals surface area (Å²) < 4.78 is 10.4. The topological polar surface area (TPSA) is 140 Å². The Morgan fingerprint density at radius 2 is 1.76 bits per heavy atom. The highest BCUT2D eigenvalue weighted by Gasteiger charge is 2.44. The summed E-state index contributed by atoms with van der Waals surface area (Å²) in [5.74, 6) is -0.183. The number of hydrogen-bond donors (Lipinski definition) is 6. The van der Waals surface area contributed by atoms with Gasteiger partial charge in [0, 0.05) is 5.56 Å². The van der Waals surface area contributed by atoms with Gasteiger partial charge in [0.15, 0.2) is 6.29 Å². The lowest BCUT2D eigenvalue weighted by Crippen LogP contribution is -2.59. The summed E-state index contributed by atoms with van der Waals surface area (Å²) in [6, 6.07) is 3.85. The van der Waals surface area contributed by atoms with Crippen LogP contribution in [0, 0.1) is 0 Å². The van der Waals surface area contributed by atoms with Crippen molar-refractivity contribution < 1.29 is 40.1 Å². The largest absolute Gasteiger partial charge is 0.508 e. The van der Waals surface area contributed by atoms with E-state index in [4.69, 9.17) is 14.6 Å². The molecule has 0 aliphatic carbocycles. The SMILES string of the molecule is OC[C@H]1O[C@H](OCc2cc(O)ccc2O)[C@H](O)[C@@H](O)[C@@H]1O. The molecular formula is C13H18O8. The lowest BCUT2D eigenvalue weighted by molar-refractivity contribution is -0.304. The van der Waals surface area contributed by atoms with E-state index >= 15 is 0 Å². The molecule has 1 saturated heterocycles. The monoisotopic (exact) mass is 302 g/mol. The number of rotatable bonds is 4. The molecule has 0 unspecified atom stereocenters. The molecule has 8 heteroatoms. The molecule has 0 saturated carbocycles. The Morgan fingerprint density at radius 1 is 1.05 bits per heavy atom. The molecule has 0 bridgehead atoms. The van der Waals surface area contributed by atoms with Crippen LogP contribution in [-0.2, 0) is 16.1 Å². The van der Waals surface area contributed by atoms with Crippen molar-refractivity contribution in [3.8, 4) is 11.5 Å². The standard InChI is InChI=1S/C13H18O8/c14-4-9-10(17)11(18)12(19)13(21-9)20-5-6-3-7(15)1-2-8(6)16/h1-3,9-19H,4-5H2/t9-,10-,11+,12-,13+/m1/s1. The van der Waals surface area contributed by atoms with Gasteiger partial charge >= 0.3 is 0 Å². The van der Waals surface area contributed by atoms with E-state index < -0.39 is 37.3 Å². The fourth-order valence-corrected chi connectivity index (χ4v) is 2.06. The van der Waals surface area contributed by atoms with Crippen molar-refractivity contribution in [3.05, 3.63) is 23.8 Å². The van der Waals surface area contributed by atoms with Gasteiger partial charge in [-0.3, -0.25) is 0 Å². The van der Waals surface area contributed by atoms with Crippen molar-refractivity contribution in [1.29, 1.82) is 0 Å². The quantitative estimate of drug-likeness (QED) is 0.366. The van der Waals surface area contributed by atoms with Crippen LogP contribution < -0.4 is 0 Å². The van der Waals surface area contributed by atoms with Gasteiger partial charge in [0.2, 0.25) is 0 Å². The van der Waals surface area contributed by atoms with Crippen LogP contribution in [0.3, 0.4) is 0 Å². The highest BCUT2D eigenvalue weighted by atomic mass is 16.7. The minimum atomic E-state index is -1.53. The summed E-state index contributed by atoms with van der Waals surface area (Å²) in [5.41, 5.74) is 0.256. The molecule has 1 aromatic rings. The number of aliphatic hydroxyl groups excluding tert-OH is 4. The second-order valence-corrected chi connectivity index (χ2v) is 4.82. The molecule has 1 aliphatic rings. The van der Waals surface area contributed by atoms with Gasteiger partial charge in [0.05, 0.1) is 13.2 Å². The second-order valence-electron chi connectivity index (χ2n) is 4.82. The first kappa shape index (κ1) is 16.0. The van der Waals surface area contributed by atoms with Crippen molar-refractivity contribution in [1.82, 2.24) is 0 Å². The lowest BCUT2D eigenvalue weighted by atomic mass is 9.99. The second kappa shape index (κ2) is 6.56. The summed E-state index contributed by atoms with van der Waals surface area (Å²) in [7, 11) is 0. The number of benzene rings is 1. The minimum Gasteiger partial charge on any atom is -0.508 e. The maximum Gasteiger partial charge on any atom is 0.187 e. The zero-order valence-corrected chi connectivity index (χ0v) is 11.0. The summed E-state index contributed by atoms with van der Waals surface area (Å²) in [6.07, 6.45) is -6.85. The number of ether oxygens (including phenoxy) is 2. The van der Waals surface area contributed by atoms with E-state index in [0.29, 0.717) is 0 Å². The third kappa shape index (κ3) is 3.43.